The van der Waals surface area contributed by atoms with E-state index in [0.717, 1.165) is 4.90 Å². The molecule has 2 rings (SSSR count). The molecule has 1 aliphatic heterocycles. The van der Waals surface area contributed by atoms with Crippen molar-refractivity contribution in [3.63, 3.8) is 0 Å². The van der Waals surface area contributed by atoms with E-state index in [4.69, 9.17) is 4.74 Å². The van der Waals surface area contributed by atoms with Crippen molar-refractivity contribution in [1.29, 1.82) is 0 Å². The van der Waals surface area contributed by atoms with E-state index < -0.39 is 13.0 Å². The molecule has 122 valence electrons. The molecule has 0 aromatic heterocycles. The van der Waals surface area contributed by atoms with Crippen LogP contribution in [-0.4, -0.2) is 30.4 Å². The number of alkyl halides is 2. The lowest BCUT2D eigenvalue weighted by molar-refractivity contribution is -0.129. The molecule has 0 saturated heterocycles. The maximum absolute atomic E-state index is 12.8. The third-order valence-corrected chi connectivity index (χ3v) is 3.97. The molecule has 1 aromatic rings. The Kier molecular flexibility index (Phi) is 6.17. The second kappa shape index (κ2) is 8.11. The number of carbonyl (C=O) groups excluding carboxylic acids is 1. The number of hydrogen-bond acceptors (Lipinski definition) is 2. The van der Waals surface area contributed by atoms with Crippen molar-refractivity contribution in [2.24, 2.45) is 0 Å². The van der Waals surface area contributed by atoms with Crippen LogP contribution in [0.25, 0.3) is 5.70 Å². The van der Waals surface area contributed by atoms with Crippen LogP contribution in [0.1, 0.15) is 25.3 Å². The van der Waals surface area contributed by atoms with Gasteiger partial charge in [-0.2, -0.15) is 0 Å². The van der Waals surface area contributed by atoms with E-state index in [1.54, 1.807) is 25.1 Å². The van der Waals surface area contributed by atoms with Gasteiger partial charge in [0, 0.05) is 22.2 Å². The van der Waals surface area contributed by atoms with Gasteiger partial charge in [0.15, 0.2) is 0 Å². The zero-order valence-corrected chi connectivity index (χ0v) is 14.2. The van der Waals surface area contributed by atoms with Crippen molar-refractivity contribution >= 4 is 27.5 Å². The van der Waals surface area contributed by atoms with Gasteiger partial charge in [-0.15, -0.1) is 5.92 Å². The summed E-state index contributed by atoms with van der Waals surface area (Å²) >= 11 is 3.42. The fourth-order valence-electron chi connectivity index (χ4n) is 2.29. The molecule has 1 heterocycles. The summed E-state index contributed by atoms with van der Waals surface area (Å²) in [4.78, 5) is 13.1. The number of hydrogen-bond donors (Lipinski definition) is 0. The van der Waals surface area contributed by atoms with Gasteiger partial charge in [-0.25, -0.2) is 8.78 Å². The smallest absolute Gasteiger partial charge is 0.256 e. The van der Waals surface area contributed by atoms with Crippen molar-refractivity contribution in [3.05, 3.63) is 34.3 Å². The number of rotatable bonds is 5. The minimum atomic E-state index is -2.57. The summed E-state index contributed by atoms with van der Waals surface area (Å²) in [7, 11) is 0. The molecule has 0 unspecified atom stereocenters. The molecule has 0 fully saturated rings. The molecule has 0 bridgehead atoms. The molecule has 1 aromatic carbocycles. The first kappa shape index (κ1) is 17.5. The molecule has 0 spiro atoms. The Balaban J connectivity index is 2.26. The van der Waals surface area contributed by atoms with Crippen molar-refractivity contribution < 1.29 is 18.3 Å². The van der Waals surface area contributed by atoms with Gasteiger partial charge < -0.3 is 9.64 Å². The van der Waals surface area contributed by atoms with Gasteiger partial charge in [0.05, 0.1) is 6.54 Å². The number of benzene rings is 1. The second-order valence-electron chi connectivity index (χ2n) is 4.88. The summed E-state index contributed by atoms with van der Waals surface area (Å²) in [5.74, 6) is 5.86. The predicted molar refractivity (Wildman–Crippen MR) is 88.0 cm³/mol. The molecule has 0 atom stereocenters. The van der Waals surface area contributed by atoms with Crippen LogP contribution in [0.2, 0.25) is 0 Å². The van der Waals surface area contributed by atoms with Gasteiger partial charge in [-0.05, 0) is 47.5 Å². The minimum Gasteiger partial charge on any atom is -0.481 e. The van der Waals surface area contributed by atoms with Crippen LogP contribution in [0, 0.1) is 11.8 Å². The second-order valence-corrected chi connectivity index (χ2v) is 5.73. The molecule has 23 heavy (non-hydrogen) atoms. The molecular formula is C17H16BrF2NO2. The monoisotopic (exact) mass is 383 g/mol. The van der Waals surface area contributed by atoms with Crippen LogP contribution in [0.5, 0.6) is 5.75 Å². The van der Waals surface area contributed by atoms with E-state index in [9.17, 15) is 13.6 Å². The largest absolute Gasteiger partial charge is 0.481 e. The molecule has 0 aliphatic carbocycles. The Hall–Kier alpha value is -1.87. The molecule has 3 nitrogen and oxygen atoms in total. The number of halogens is 3. The maximum atomic E-state index is 12.8. The van der Waals surface area contributed by atoms with Crippen LogP contribution in [0.4, 0.5) is 8.78 Å². The summed E-state index contributed by atoms with van der Waals surface area (Å²) in [6, 6.07) is 5.23. The van der Waals surface area contributed by atoms with E-state index in [1.807, 2.05) is 6.08 Å². The Labute approximate surface area is 142 Å². The average molecular weight is 384 g/mol. The molecular weight excluding hydrogens is 368 g/mol. The van der Waals surface area contributed by atoms with Crippen molar-refractivity contribution in [2.45, 2.75) is 26.2 Å². The number of allylic oxidation sites excluding steroid dienone is 1. The van der Waals surface area contributed by atoms with Gasteiger partial charge in [0.2, 0.25) is 5.91 Å². The zero-order chi connectivity index (χ0) is 16.8. The first-order valence-electron chi connectivity index (χ1n) is 7.14. The van der Waals surface area contributed by atoms with Crippen LogP contribution >= 0.6 is 15.9 Å². The van der Waals surface area contributed by atoms with Gasteiger partial charge in [-0.3, -0.25) is 4.79 Å². The number of carbonyl (C=O) groups is 1. The third-order valence-electron chi connectivity index (χ3n) is 3.31. The molecule has 0 N–H and O–H groups in total. The van der Waals surface area contributed by atoms with E-state index in [1.165, 1.54) is 0 Å². The van der Waals surface area contributed by atoms with Gasteiger partial charge in [-0.1, -0.05) is 12.0 Å². The van der Waals surface area contributed by atoms with Crippen LogP contribution in [0.3, 0.4) is 0 Å². The summed E-state index contributed by atoms with van der Waals surface area (Å²) in [5.41, 5.74) is 1.20. The number of ether oxygens (including phenoxy) is 1. The Morgan fingerprint density at radius 1 is 1.43 bits per heavy atom. The highest BCUT2D eigenvalue weighted by atomic mass is 79.9. The predicted octanol–water partition coefficient (Wildman–Crippen LogP) is 4.08. The first-order chi connectivity index (χ1) is 11.0. The highest BCUT2D eigenvalue weighted by molar-refractivity contribution is 9.10. The fraction of sp³-hybridized carbons (Fsp3) is 0.353. The maximum Gasteiger partial charge on any atom is 0.256 e. The highest BCUT2D eigenvalue weighted by Gasteiger charge is 2.26. The zero-order valence-electron chi connectivity index (χ0n) is 12.6. The number of amides is 1. The van der Waals surface area contributed by atoms with Crippen LogP contribution in [0.15, 0.2) is 28.7 Å². The Morgan fingerprint density at radius 2 is 2.22 bits per heavy atom. The summed E-state index contributed by atoms with van der Waals surface area (Å²) < 4.78 is 31.6. The number of nitrogens with zero attached hydrogens (tertiary/aromatic N) is 1. The van der Waals surface area contributed by atoms with Crippen molar-refractivity contribution in [3.8, 4) is 17.6 Å². The average Bonchev–Trinajstić information content (AvgIpc) is 2.50. The van der Waals surface area contributed by atoms with Gasteiger partial charge >= 0.3 is 0 Å². The topological polar surface area (TPSA) is 29.5 Å². The quantitative estimate of drug-likeness (QED) is 0.717. The van der Waals surface area contributed by atoms with E-state index in [0.29, 0.717) is 27.9 Å². The van der Waals surface area contributed by atoms with E-state index in [2.05, 4.69) is 27.8 Å². The normalized spacial score (nSPS) is 14.4. The lowest BCUT2D eigenvalue weighted by Gasteiger charge is -2.29. The standard InChI is InChI=1S/C17H16BrF2NO2/c1-2-3-9-23-12-7-8-13(14(18)10-12)15-5-4-6-17(22)21(15)11-16(19)20/h5,7-8,10,16H,4,6,9,11H2,1H3. The fourth-order valence-corrected chi connectivity index (χ4v) is 2.85. The van der Waals surface area contributed by atoms with Crippen molar-refractivity contribution in [2.75, 3.05) is 13.2 Å². The summed E-state index contributed by atoms with van der Waals surface area (Å²) in [5, 5.41) is 0. The highest BCUT2D eigenvalue weighted by Crippen LogP contribution is 2.33. The summed E-state index contributed by atoms with van der Waals surface area (Å²) in [6.45, 7) is 1.41. The molecule has 0 saturated carbocycles. The Morgan fingerprint density at radius 3 is 2.87 bits per heavy atom. The molecule has 0 radical (unpaired) electrons. The van der Waals surface area contributed by atoms with Crippen molar-refractivity contribution in [1.82, 2.24) is 4.90 Å². The van der Waals surface area contributed by atoms with Gasteiger partial charge in [0.1, 0.15) is 12.4 Å². The molecule has 1 amide bonds. The van der Waals surface area contributed by atoms with Crippen LogP contribution < -0.4 is 4.74 Å². The third kappa shape index (κ3) is 4.55. The summed E-state index contributed by atoms with van der Waals surface area (Å²) in [6.07, 6.45) is 0.0389. The minimum absolute atomic E-state index is 0.255. The first-order valence-corrected chi connectivity index (χ1v) is 7.93. The van der Waals surface area contributed by atoms with Gasteiger partial charge in [0.25, 0.3) is 6.43 Å². The lowest BCUT2D eigenvalue weighted by Crippen LogP contribution is -2.35. The molecule has 6 heteroatoms. The van der Waals surface area contributed by atoms with Crippen LogP contribution in [-0.2, 0) is 4.79 Å². The van der Waals surface area contributed by atoms with E-state index in [-0.39, 0.29) is 18.9 Å². The Bertz CT molecular complexity index is 677. The molecule has 1 aliphatic rings. The lowest BCUT2D eigenvalue weighted by atomic mass is 10.0. The van der Waals surface area contributed by atoms with E-state index >= 15 is 0 Å². The SMILES string of the molecule is CC#CCOc1ccc(C2=CCCC(=O)N2CC(F)F)c(Br)c1.